The quantitative estimate of drug-likeness (QED) is 0.919. The number of hydrogen-bond acceptors (Lipinski definition) is 5. The average molecular weight is 295 g/mol. The van der Waals surface area contributed by atoms with Gasteiger partial charge in [0.15, 0.2) is 5.76 Å². The van der Waals surface area contributed by atoms with Gasteiger partial charge in [-0.1, -0.05) is 5.16 Å². The largest absolute Gasteiger partial charge is 0.400 e. The van der Waals surface area contributed by atoms with Gasteiger partial charge in [-0.25, -0.2) is 0 Å². The first-order valence-electron chi connectivity index (χ1n) is 6.66. The molecule has 2 rings (SSSR count). The van der Waals surface area contributed by atoms with Crippen LogP contribution in [-0.4, -0.2) is 32.9 Å². The zero-order valence-corrected chi connectivity index (χ0v) is 13.9. The summed E-state index contributed by atoms with van der Waals surface area (Å²) in [4.78, 5) is 9.44. The van der Waals surface area contributed by atoms with Crippen LogP contribution in [0.25, 0.3) is 0 Å². The van der Waals surface area contributed by atoms with Gasteiger partial charge in [-0.2, -0.15) is 5.10 Å². The molecule has 0 unspecified atom stereocenters. The molecule has 0 saturated carbocycles. The van der Waals surface area contributed by atoms with Crippen molar-refractivity contribution in [3.63, 3.8) is 0 Å². The summed E-state index contributed by atoms with van der Waals surface area (Å²) in [6, 6.07) is 1.94. The van der Waals surface area contributed by atoms with Gasteiger partial charge in [0.1, 0.15) is 12.3 Å². The number of aryl methyl sites for hydroxylation is 2. The van der Waals surface area contributed by atoms with Gasteiger partial charge >= 0.3 is 0 Å². The number of aliphatic hydroxyl groups excluding tert-OH is 1. The number of rotatable bonds is 2. The zero-order valence-electron chi connectivity index (χ0n) is 13.9. The van der Waals surface area contributed by atoms with E-state index in [1.807, 2.05) is 24.6 Å². The van der Waals surface area contributed by atoms with Crippen LogP contribution in [0.3, 0.4) is 0 Å². The maximum atomic E-state index is 9.44. The Morgan fingerprint density at radius 1 is 1.24 bits per heavy atom. The van der Waals surface area contributed by atoms with E-state index in [2.05, 4.69) is 24.1 Å². The molecule has 0 spiro atoms. The van der Waals surface area contributed by atoms with E-state index in [1.54, 1.807) is 0 Å². The molecule has 1 N–H and O–H groups in total. The highest BCUT2D eigenvalue weighted by Crippen LogP contribution is 2.13. The maximum absolute atomic E-state index is 9.44. The topological polar surface area (TPSA) is 81.1 Å². The van der Waals surface area contributed by atoms with E-state index in [4.69, 9.17) is 9.63 Å². The molecule has 0 aliphatic rings. The molecular weight excluding hydrogens is 270 g/mol. The lowest BCUT2D eigenvalue weighted by atomic mass is 10.2. The molecule has 6 heteroatoms. The second-order valence-electron chi connectivity index (χ2n) is 4.80. The molecule has 0 aliphatic heterocycles. The Balaban J connectivity index is 0.000000579. The number of hydrogen-bond donors (Lipinski definition) is 1. The van der Waals surface area contributed by atoms with Crippen molar-refractivity contribution in [2.24, 2.45) is 0 Å². The lowest BCUT2D eigenvalue weighted by Crippen LogP contribution is -2.03. The fourth-order valence-electron chi connectivity index (χ4n) is 1.58. The van der Waals surface area contributed by atoms with E-state index in [9.17, 15) is 4.79 Å². The standard InChI is InChI=1S/C11H15N3O.C3H6O.CH4O/c1-7-5-11(15-13-7)6-14-10(4)8(2)9(3)12-14;1-3(2)4;1-2/h5H,6H2,1-4H3;1-2H3;2H,1H3. The Kier molecular flexibility index (Phi) is 8.23. The van der Waals surface area contributed by atoms with Crippen molar-refractivity contribution in [2.45, 2.75) is 48.1 Å². The molecule has 118 valence electrons. The van der Waals surface area contributed by atoms with Gasteiger partial charge in [0.25, 0.3) is 0 Å². The third-order valence-corrected chi connectivity index (χ3v) is 2.73. The number of aromatic nitrogens is 3. The van der Waals surface area contributed by atoms with Gasteiger partial charge in [-0.3, -0.25) is 4.68 Å². The number of carbonyl (C=O) groups is 1. The van der Waals surface area contributed by atoms with Crippen LogP contribution >= 0.6 is 0 Å². The van der Waals surface area contributed by atoms with Crippen molar-refractivity contribution < 1.29 is 14.4 Å². The zero-order chi connectivity index (χ0) is 16.6. The van der Waals surface area contributed by atoms with Gasteiger partial charge in [-0.15, -0.1) is 0 Å². The summed E-state index contributed by atoms with van der Waals surface area (Å²) in [6.45, 7) is 11.8. The second-order valence-corrected chi connectivity index (χ2v) is 4.80. The highest BCUT2D eigenvalue weighted by atomic mass is 16.5. The summed E-state index contributed by atoms with van der Waals surface area (Å²) >= 11 is 0. The van der Waals surface area contributed by atoms with Gasteiger partial charge in [0.05, 0.1) is 11.4 Å². The molecule has 21 heavy (non-hydrogen) atoms. The van der Waals surface area contributed by atoms with E-state index >= 15 is 0 Å². The number of aliphatic hydroxyl groups is 1. The van der Waals surface area contributed by atoms with E-state index in [-0.39, 0.29) is 5.78 Å². The highest BCUT2D eigenvalue weighted by Gasteiger charge is 2.09. The van der Waals surface area contributed by atoms with Crippen LogP contribution in [0.1, 0.15) is 42.3 Å². The van der Waals surface area contributed by atoms with Crippen LogP contribution < -0.4 is 0 Å². The van der Waals surface area contributed by atoms with Gasteiger partial charge in [0.2, 0.25) is 0 Å². The summed E-state index contributed by atoms with van der Waals surface area (Å²) in [5, 5.41) is 15.3. The van der Waals surface area contributed by atoms with Crippen molar-refractivity contribution in [3.8, 4) is 0 Å². The minimum atomic E-state index is 0.167. The molecule has 0 amide bonds. The van der Waals surface area contributed by atoms with E-state index < -0.39 is 0 Å². The predicted molar refractivity (Wildman–Crippen MR) is 81.3 cm³/mol. The Labute approximate surface area is 125 Å². The van der Waals surface area contributed by atoms with E-state index in [1.165, 1.54) is 25.1 Å². The SMILES string of the molecule is CC(C)=O.CO.Cc1cc(Cn2nc(C)c(C)c2C)on1. The van der Waals surface area contributed by atoms with Crippen molar-refractivity contribution in [1.82, 2.24) is 14.9 Å². The molecule has 0 saturated heterocycles. The van der Waals surface area contributed by atoms with Gasteiger partial charge in [0, 0.05) is 18.9 Å². The monoisotopic (exact) mass is 295 g/mol. The molecule has 0 atom stereocenters. The number of carbonyl (C=O) groups excluding carboxylic acids is 1. The number of Topliss-reactive ketones (excluding diaryl/α,β-unsaturated/α-hetero) is 1. The van der Waals surface area contributed by atoms with Crippen molar-refractivity contribution >= 4 is 5.78 Å². The molecule has 0 aromatic carbocycles. The molecule has 6 nitrogen and oxygen atoms in total. The third kappa shape index (κ3) is 6.35. The first kappa shape index (κ1) is 19.1. The lowest BCUT2D eigenvalue weighted by Gasteiger charge is -2.00. The fourth-order valence-corrected chi connectivity index (χ4v) is 1.58. The molecule has 0 aliphatic carbocycles. The third-order valence-electron chi connectivity index (χ3n) is 2.73. The van der Waals surface area contributed by atoms with Gasteiger partial charge in [-0.05, 0) is 47.1 Å². The molecular formula is C15H25N3O3. The van der Waals surface area contributed by atoms with Crippen LogP contribution in [0.5, 0.6) is 0 Å². The van der Waals surface area contributed by atoms with Crippen molar-refractivity contribution in [1.29, 1.82) is 0 Å². The molecule has 2 aromatic rings. The normalized spacial score (nSPS) is 9.33. The summed E-state index contributed by atoms with van der Waals surface area (Å²) < 4.78 is 7.11. The van der Waals surface area contributed by atoms with Crippen LogP contribution in [0.15, 0.2) is 10.6 Å². The molecule has 0 bridgehead atoms. The van der Waals surface area contributed by atoms with E-state index in [0.717, 1.165) is 24.3 Å². The average Bonchev–Trinajstić information content (AvgIpc) is 2.92. The second kappa shape index (κ2) is 9.07. The van der Waals surface area contributed by atoms with Crippen LogP contribution in [-0.2, 0) is 11.3 Å². The highest BCUT2D eigenvalue weighted by molar-refractivity contribution is 5.72. The minimum Gasteiger partial charge on any atom is -0.400 e. The maximum Gasteiger partial charge on any atom is 0.158 e. The van der Waals surface area contributed by atoms with Crippen LogP contribution in [0, 0.1) is 27.7 Å². The van der Waals surface area contributed by atoms with Gasteiger partial charge < -0.3 is 14.4 Å². The molecule has 2 heterocycles. The molecule has 0 fully saturated rings. The number of nitrogens with zero attached hydrogens (tertiary/aromatic N) is 3. The predicted octanol–water partition coefficient (Wildman–Crippen LogP) is 2.36. The first-order valence-corrected chi connectivity index (χ1v) is 6.66. The summed E-state index contributed by atoms with van der Waals surface area (Å²) in [6.07, 6.45) is 0. The van der Waals surface area contributed by atoms with Crippen LogP contribution in [0.4, 0.5) is 0 Å². The number of ketones is 1. The summed E-state index contributed by atoms with van der Waals surface area (Å²) in [5.41, 5.74) is 4.40. The van der Waals surface area contributed by atoms with Crippen molar-refractivity contribution in [2.75, 3.05) is 7.11 Å². The van der Waals surface area contributed by atoms with E-state index in [0.29, 0.717) is 6.54 Å². The lowest BCUT2D eigenvalue weighted by molar-refractivity contribution is -0.114. The smallest absolute Gasteiger partial charge is 0.158 e. The Hall–Kier alpha value is -1.95. The van der Waals surface area contributed by atoms with Crippen LogP contribution in [0.2, 0.25) is 0 Å². The Morgan fingerprint density at radius 3 is 2.10 bits per heavy atom. The Morgan fingerprint density at radius 2 is 1.76 bits per heavy atom. The first-order chi connectivity index (χ1) is 9.81. The van der Waals surface area contributed by atoms with Crippen molar-refractivity contribution in [3.05, 3.63) is 34.5 Å². The fraction of sp³-hybridized carbons (Fsp3) is 0.533. The molecule has 2 aromatic heterocycles. The molecule has 0 radical (unpaired) electrons. The summed E-state index contributed by atoms with van der Waals surface area (Å²) in [7, 11) is 1.00. The Bertz CT molecular complexity index is 567. The summed E-state index contributed by atoms with van der Waals surface area (Å²) in [5.74, 6) is 1.01. The minimum absolute atomic E-state index is 0.167.